The topological polar surface area (TPSA) is 71.5 Å². The second-order valence-corrected chi connectivity index (χ2v) is 3.07. The van der Waals surface area contributed by atoms with Gasteiger partial charge in [-0.05, 0) is 0 Å². The summed E-state index contributed by atoms with van der Waals surface area (Å²) >= 11 is 0. The zero-order valence-corrected chi connectivity index (χ0v) is 8.73. The molecule has 1 rings (SSSR count). The minimum atomic E-state index is 0.647. The van der Waals surface area contributed by atoms with Crippen LogP contribution in [0.4, 0.5) is 0 Å². The highest BCUT2D eigenvalue weighted by atomic mass is 15.4. The van der Waals surface area contributed by atoms with Crippen molar-refractivity contribution in [1.82, 2.24) is 20.1 Å². The van der Waals surface area contributed by atoms with Crippen LogP contribution in [0.5, 0.6) is 0 Å². The Kier molecular flexibility index (Phi) is 3.47. The van der Waals surface area contributed by atoms with E-state index in [4.69, 9.17) is 5.84 Å². The van der Waals surface area contributed by atoms with Gasteiger partial charge in [-0.25, -0.2) is 5.84 Å². The van der Waals surface area contributed by atoms with E-state index in [1.165, 1.54) is 0 Å². The van der Waals surface area contributed by atoms with Gasteiger partial charge in [0.1, 0.15) is 0 Å². The molecule has 0 saturated carbocycles. The molecule has 0 aliphatic carbocycles. The average molecular weight is 196 g/mol. The van der Waals surface area contributed by atoms with Crippen LogP contribution in [0, 0.1) is 0 Å². The molecular formula is C8H16N6. The van der Waals surface area contributed by atoms with Gasteiger partial charge in [0.25, 0.3) is 0 Å². The molecule has 0 unspecified atom stereocenters. The first-order chi connectivity index (χ1) is 6.67. The molecule has 3 N–H and O–H groups in total. The van der Waals surface area contributed by atoms with E-state index in [1.807, 2.05) is 31.4 Å². The van der Waals surface area contributed by atoms with Crippen molar-refractivity contribution in [2.24, 2.45) is 17.9 Å². The van der Waals surface area contributed by atoms with Crippen molar-refractivity contribution in [3.63, 3.8) is 0 Å². The first-order valence-electron chi connectivity index (χ1n) is 4.29. The van der Waals surface area contributed by atoms with Crippen LogP contribution >= 0.6 is 0 Å². The molecule has 0 radical (unpaired) electrons. The molecule has 0 aromatic carbocycles. The zero-order valence-electron chi connectivity index (χ0n) is 8.73. The Hall–Kier alpha value is -1.56. The molecule has 14 heavy (non-hydrogen) atoms. The number of hydrogen-bond donors (Lipinski definition) is 2. The van der Waals surface area contributed by atoms with Gasteiger partial charge in [0.2, 0.25) is 5.96 Å². The molecule has 0 spiro atoms. The van der Waals surface area contributed by atoms with Crippen LogP contribution in [0.15, 0.2) is 17.4 Å². The molecule has 0 fully saturated rings. The lowest BCUT2D eigenvalue weighted by Gasteiger charge is -2.18. The van der Waals surface area contributed by atoms with E-state index in [1.54, 1.807) is 11.7 Å². The molecule has 78 valence electrons. The lowest BCUT2D eigenvalue weighted by molar-refractivity contribution is 0.479. The van der Waals surface area contributed by atoms with Crippen LogP contribution in [0.1, 0.15) is 5.56 Å². The predicted octanol–water partition coefficient (Wildman–Crippen LogP) is -0.699. The van der Waals surface area contributed by atoms with Crippen molar-refractivity contribution < 1.29 is 0 Å². The third kappa shape index (κ3) is 2.46. The summed E-state index contributed by atoms with van der Waals surface area (Å²) in [4.78, 5) is 5.90. The van der Waals surface area contributed by atoms with Crippen LogP contribution in [0.25, 0.3) is 0 Å². The zero-order chi connectivity index (χ0) is 10.6. The number of nitrogens with zero attached hydrogens (tertiary/aromatic N) is 4. The predicted molar refractivity (Wildman–Crippen MR) is 55.4 cm³/mol. The number of nitrogens with one attached hydrogen (secondary N) is 1. The molecule has 0 aliphatic rings. The monoisotopic (exact) mass is 196 g/mol. The number of rotatable bonds is 2. The summed E-state index contributed by atoms with van der Waals surface area (Å²) < 4.78 is 1.77. The van der Waals surface area contributed by atoms with E-state index in [9.17, 15) is 0 Å². The molecule has 1 aromatic rings. The standard InChI is InChI=1S/C8H16N6/c1-10-8(12-9)13(2)5-7-4-11-14(3)6-7/h4,6H,5,9H2,1-3H3,(H,10,12). The maximum Gasteiger partial charge on any atom is 0.208 e. The van der Waals surface area contributed by atoms with E-state index >= 15 is 0 Å². The minimum Gasteiger partial charge on any atom is -0.341 e. The minimum absolute atomic E-state index is 0.647. The van der Waals surface area contributed by atoms with Gasteiger partial charge < -0.3 is 4.90 Å². The molecule has 0 aliphatic heterocycles. The number of guanidine groups is 1. The number of aliphatic imine (C=N–C) groups is 1. The summed E-state index contributed by atoms with van der Waals surface area (Å²) in [6, 6.07) is 0. The van der Waals surface area contributed by atoms with Crippen LogP contribution in [-0.4, -0.2) is 34.7 Å². The highest BCUT2D eigenvalue weighted by Crippen LogP contribution is 2.00. The van der Waals surface area contributed by atoms with Gasteiger partial charge in [0, 0.05) is 39.4 Å². The molecular weight excluding hydrogens is 180 g/mol. The van der Waals surface area contributed by atoms with Gasteiger partial charge in [-0.15, -0.1) is 0 Å². The molecule has 0 bridgehead atoms. The van der Waals surface area contributed by atoms with Crippen molar-refractivity contribution in [2.75, 3.05) is 14.1 Å². The van der Waals surface area contributed by atoms with Crippen LogP contribution in [0.3, 0.4) is 0 Å². The third-order valence-corrected chi connectivity index (χ3v) is 1.88. The molecule has 0 amide bonds. The van der Waals surface area contributed by atoms with Gasteiger partial charge in [-0.3, -0.25) is 15.1 Å². The second-order valence-electron chi connectivity index (χ2n) is 3.07. The summed E-state index contributed by atoms with van der Waals surface area (Å²) in [6.45, 7) is 0.727. The number of hydrazine groups is 1. The van der Waals surface area contributed by atoms with Crippen molar-refractivity contribution >= 4 is 5.96 Å². The average Bonchev–Trinajstić information content (AvgIpc) is 2.53. The summed E-state index contributed by atoms with van der Waals surface area (Å²) in [7, 11) is 5.49. The number of aryl methyl sites for hydroxylation is 1. The fraction of sp³-hybridized carbons (Fsp3) is 0.500. The van der Waals surface area contributed by atoms with Crippen LogP contribution in [0.2, 0.25) is 0 Å². The van der Waals surface area contributed by atoms with Crippen molar-refractivity contribution in [3.8, 4) is 0 Å². The SMILES string of the molecule is CN=C(NN)N(C)Cc1cnn(C)c1. The summed E-state index contributed by atoms with van der Waals surface area (Å²) in [5, 5.41) is 4.08. The smallest absolute Gasteiger partial charge is 0.208 e. The highest BCUT2D eigenvalue weighted by Gasteiger charge is 2.05. The quantitative estimate of drug-likeness (QED) is 0.284. The first kappa shape index (κ1) is 10.5. The fourth-order valence-corrected chi connectivity index (χ4v) is 1.25. The van der Waals surface area contributed by atoms with Crippen LogP contribution in [-0.2, 0) is 13.6 Å². The second kappa shape index (κ2) is 4.61. The first-order valence-corrected chi connectivity index (χ1v) is 4.29. The molecule has 0 saturated heterocycles. The normalized spacial score (nSPS) is 11.6. The Morgan fingerprint density at radius 3 is 2.93 bits per heavy atom. The fourth-order valence-electron chi connectivity index (χ4n) is 1.25. The molecule has 1 aromatic heterocycles. The highest BCUT2D eigenvalue weighted by molar-refractivity contribution is 5.78. The van der Waals surface area contributed by atoms with E-state index in [0.717, 1.165) is 12.1 Å². The molecule has 1 heterocycles. The molecule has 0 atom stereocenters. The summed E-state index contributed by atoms with van der Waals surface area (Å²) in [6.07, 6.45) is 3.78. The van der Waals surface area contributed by atoms with Gasteiger partial charge >= 0.3 is 0 Å². The number of aromatic nitrogens is 2. The lowest BCUT2D eigenvalue weighted by atomic mass is 10.3. The Bertz CT molecular complexity index is 315. The van der Waals surface area contributed by atoms with Crippen molar-refractivity contribution in [3.05, 3.63) is 18.0 Å². The van der Waals surface area contributed by atoms with Crippen LogP contribution < -0.4 is 11.3 Å². The van der Waals surface area contributed by atoms with Crippen molar-refractivity contribution in [2.45, 2.75) is 6.54 Å². The molecule has 6 nitrogen and oxygen atoms in total. The van der Waals surface area contributed by atoms with Gasteiger partial charge in [0.15, 0.2) is 0 Å². The van der Waals surface area contributed by atoms with Gasteiger partial charge in [0.05, 0.1) is 6.20 Å². The summed E-state index contributed by atoms with van der Waals surface area (Å²) in [5.41, 5.74) is 3.64. The van der Waals surface area contributed by atoms with E-state index in [0.29, 0.717) is 5.96 Å². The van der Waals surface area contributed by atoms with E-state index in [-0.39, 0.29) is 0 Å². The Labute approximate surface area is 83.4 Å². The van der Waals surface area contributed by atoms with Gasteiger partial charge in [-0.2, -0.15) is 5.10 Å². The maximum absolute atomic E-state index is 5.30. The largest absolute Gasteiger partial charge is 0.341 e. The third-order valence-electron chi connectivity index (χ3n) is 1.88. The maximum atomic E-state index is 5.30. The van der Waals surface area contributed by atoms with E-state index < -0.39 is 0 Å². The Morgan fingerprint density at radius 2 is 2.50 bits per heavy atom. The number of hydrogen-bond acceptors (Lipinski definition) is 3. The van der Waals surface area contributed by atoms with Gasteiger partial charge in [-0.1, -0.05) is 0 Å². The summed E-state index contributed by atoms with van der Waals surface area (Å²) in [5.74, 6) is 5.95. The Morgan fingerprint density at radius 1 is 1.79 bits per heavy atom. The van der Waals surface area contributed by atoms with Crippen molar-refractivity contribution in [1.29, 1.82) is 0 Å². The Balaban J connectivity index is 2.60. The molecule has 6 heteroatoms. The lowest BCUT2D eigenvalue weighted by Crippen LogP contribution is -2.42. The number of nitrogens with two attached hydrogens (primary N) is 1. The van der Waals surface area contributed by atoms with E-state index in [2.05, 4.69) is 15.5 Å².